The van der Waals surface area contributed by atoms with Crippen LogP contribution in [0.5, 0.6) is 0 Å². The zero-order valence-electron chi connectivity index (χ0n) is 14.0. The first-order chi connectivity index (χ1) is 12.0. The van der Waals surface area contributed by atoms with Crippen LogP contribution in [-0.2, 0) is 20.8 Å². The topological polar surface area (TPSA) is 116 Å². The minimum Gasteiger partial charge on any atom is -0.481 e. The summed E-state index contributed by atoms with van der Waals surface area (Å²) in [5, 5.41) is 20.9. The summed E-state index contributed by atoms with van der Waals surface area (Å²) in [7, 11) is 0. The van der Waals surface area contributed by atoms with Gasteiger partial charge in [0.1, 0.15) is 0 Å². The Kier molecular flexibility index (Phi) is 6.94. The third kappa shape index (κ3) is 5.56. The molecule has 2 amide bonds. The molecule has 0 saturated heterocycles. The van der Waals surface area contributed by atoms with Crippen molar-refractivity contribution in [3.05, 3.63) is 35.9 Å². The molecular weight excluding hydrogens is 324 g/mol. The van der Waals surface area contributed by atoms with Gasteiger partial charge in [0, 0.05) is 12.5 Å². The molecule has 25 heavy (non-hydrogen) atoms. The number of nitrogens with one attached hydrogen (secondary N) is 2. The van der Waals surface area contributed by atoms with Crippen molar-refractivity contribution in [3.63, 3.8) is 0 Å². The van der Waals surface area contributed by atoms with Crippen molar-refractivity contribution >= 4 is 17.8 Å². The molecule has 2 rings (SSSR count). The van der Waals surface area contributed by atoms with Crippen LogP contribution in [0.4, 0.5) is 0 Å². The van der Waals surface area contributed by atoms with Crippen molar-refractivity contribution in [3.8, 4) is 0 Å². The lowest BCUT2D eigenvalue weighted by molar-refractivity contribution is -0.144. The van der Waals surface area contributed by atoms with E-state index in [1.165, 1.54) is 0 Å². The lowest BCUT2D eigenvalue weighted by atomic mass is 9.84. The number of carbonyl (C=O) groups excluding carboxylic acids is 2. The first-order valence-corrected chi connectivity index (χ1v) is 8.51. The van der Waals surface area contributed by atoms with Gasteiger partial charge in [0.05, 0.1) is 11.8 Å². The van der Waals surface area contributed by atoms with E-state index in [2.05, 4.69) is 5.32 Å². The number of hydrogen-bond acceptors (Lipinski definition) is 4. The average Bonchev–Trinajstić information content (AvgIpc) is 2.62. The summed E-state index contributed by atoms with van der Waals surface area (Å²) in [5.74, 6) is -3.18. The van der Waals surface area contributed by atoms with Crippen molar-refractivity contribution < 1.29 is 24.7 Å². The first kappa shape index (κ1) is 18.9. The van der Waals surface area contributed by atoms with E-state index in [1.807, 2.05) is 30.3 Å². The number of aliphatic carboxylic acids is 1. The number of carboxylic acids is 1. The number of hydroxylamine groups is 1. The Balaban J connectivity index is 2.08. The van der Waals surface area contributed by atoms with Gasteiger partial charge in [-0.2, -0.15) is 0 Å². The number of hydrogen-bond donors (Lipinski definition) is 4. The average molecular weight is 348 g/mol. The predicted octanol–water partition coefficient (Wildman–Crippen LogP) is 1.50. The van der Waals surface area contributed by atoms with Crippen LogP contribution in [0.3, 0.4) is 0 Å². The third-order valence-corrected chi connectivity index (χ3v) is 4.66. The van der Waals surface area contributed by atoms with E-state index in [9.17, 15) is 19.5 Å². The maximum atomic E-state index is 12.7. The zero-order chi connectivity index (χ0) is 18.2. The van der Waals surface area contributed by atoms with Crippen LogP contribution >= 0.6 is 0 Å². The lowest BCUT2D eigenvalue weighted by Gasteiger charge is -2.30. The molecule has 0 radical (unpaired) electrons. The molecule has 1 aliphatic rings. The molecule has 1 fully saturated rings. The normalized spacial score (nSPS) is 21.2. The molecule has 0 unspecified atom stereocenters. The molecule has 3 atom stereocenters. The molecule has 0 aliphatic heterocycles. The summed E-state index contributed by atoms with van der Waals surface area (Å²) in [4.78, 5) is 35.6. The van der Waals surface area contributed by atoms with Crippen molar-refractivity contribution in [2.75, 3.05) is 0 Å². The maximum absolute atomic E-state index is 12.7. The van der Waals surface area contributed by atoms with E-state index in [1.54, 1.807) is 5.48 Å². The second-order valence-electron chi connectivity index (χ2n) is 6.47. The fraction of sp³-hybridized carbons (Fsp3) is 0.500. The third-order valence-electron chi connectivity index (χ3n) is 4.66. The van der Waals surface area contributed by atoms with Crippen molar-refractivity contribution in [1.82, 2.24) is 10.8 Å². The monoisotopic (exact) mass is 348 g/mol. The molecule has 0 spiro atoms. The van der Waals surface area contributed by atoms with Crippen LogP contribution in [0, 0.1) is 11.8 Å². The summed E-state index contributed by atoms with van der Waals surface area (Å²) in [6.07, 6.45) is 3.04. The van der Waals surface area contributed by atoms with Gasteiger partial charge in [-0.1, -0.05) is 43.2 Å². The first-order valence-electron chi connectivity index (χ1n) is 8.51. The van der Waals surface area contributed by atoms with Gasteiger partial charge in [-0.05, 0) is 24.8 Å². The number of benzene rings is 1. The quantitative estimate of drug-likeness (QED) is 0.440. The Morgan fingerprint density at radius 1 is 1.12 bits per heavy atom. The number of carbonyl (C=O) groups is 3. The minimum absolute atomic E-state index is 0.165. The second-order valence-corrected chi connectivity index (χ2v) is 6.47. The highest BCUT2D eigenvalue weighted by atomic mass is 16.5. The molecule has 4 N–H and O–H groups in total. The summed E-state index contributed by atoms with van der Waals surface area (Å²) in [6, 6.07) is 8.85. The van der Waals surface area contributed by atoms with Crippen molar-refractivity contribution in [1.29, 1.82) is 0 Å². The number of rotatable bonds is 7. The lowest BCUT2D eigenvalue weighted by Crippen LogP contribution is -2.48. The van der Waals surface area contributed by atoms with E-state index in [-0.39, 0.29) is 12.3 Å². The highest BCUT2D eigenvalue weighted by Crippen LogP contribution is 2.25. The summed E-state index contributed by atoms with van der Waals surface area (Å²) < 4.78 is 0. The van der Waals surface area contributed by atoms with E-state index < -0.39 is 29.8 Å². The molecule has 1 saturated carbocycles. The zero-order valence-corrected chi connectivity index (χ0v) is 14.0. The fourth-order valence-corrected chi connectivity index (χ4v) is 3.33. The highest BCUT2D eigenvalue weighted by Gasteiger charge is 2.33. The predicted molar refractivity (Wildman–Crippen MR) is 89.7 cm³/mol. The smallest absolute Gasteiger partial charge is 0.308 e. The van der Waals surface area contributed by atoms with Gasteiger partial charge in [0.15, 0.2) is 0 Å². The van der Waals surface area contributed by atoms with Crippen molar-refractivity contribution in [2.24, 2.45) is 11.8 Å². The van der Waals surface area contributed by atoms with Crippen LogP contribution in [0.2, 0.25) is 0 Å². The molecular formula is C18H24N2O5. The van der Waals surface area contributed by atoms with Crippen LogP contribution in [0.15, 0.2) is 30.3 Å². The maximum Gasteiger partial charge on any atom is 0.308 e. The Morgan fingerprint density at radius 2 is 1.80 bits per heavy atom. The Morgan fingerprint density at radius 3 is 2.44 bits per heavy atom. The van der Waals surface area contributed by atoms with Crippen molar-refractivity contribution in [2.45, 2.75) is 44.6 Å². The molecule has 136 valence electrons. The van der Waals surface area contributed by atoms with Crippen LogP contribution in [-0.4, -0.2) is 34.1 Å². The molecule has 1 aromatic carbocycles. The largest absolute Gasteiger partial charge is 0.481 e. The minimum atomic E-state index is -0.905. The van der Waals surface area contributed by atoms with Gasteiger partial charge in [0.25, 0.3) is 0 Å². The van der Waals surface area contributed by atoms with E-state index in [4.69, 9.17) is 5.21 Å². The Hall–Kier alpha value is -2.41. The fourth-order valence-electron chi connectivity index (χ4n) is 3.33. The van der Waals surface area contributed by atoms with Crippen LogP contribution in [0.1, 0.15) is 37.7 Å². The Bertz CT molecular complexity index is 605. The number of amides is 2. The van der Waals surface area contributed by atoms with E-state index >= 15 is 0 Å². The summed E-state index contributed by atoms with van der Waals surface area (Å²) >= 11 is 0. The van der Waals surface area contributed by atoms with Gasteiger partial charge < -0.3 is 10.4 Å². The molecule has 1 aliphatic carbocycles. The van der Waals surface area contributed by atoms with E-state index in [0.29, 0.717) is 19.3 Å². The molecule has 7 heteroatoms. The highest BCUT2D eigenvalue weighted by molar-refractivity contribution is 5.86. The van der Waals surface area contributed by atoms with Crippen LogP contribution in [0.25, 0.3) is 0 Å². The van der Waals surface area contributed by atoms with Gasteiger partial charge in [-0.25, -0.2) is 5.48 Å². The molecule has 0 aromatic heterocycles. The second kappa shape index (κ2) is 9.17. The summed E-state index contributed by atoms with van der Waals surface area (Å²) in [6.45, 7) is 0. The molecule has 7 nitrogen and oxygen atoms in total. The Labute approximate surface area is 146 Å². The van der Waals surface area contributed by atoms with Gasteiger partial charge >= 0.3 is 5.97 Å². The van der Waals surface area contributed by atoms with Gasteiger partial charge in [0.2, 0.25) is 11.8 Å². The van der Waals surface area contributed by atoms with Gasteiger partial charge in [-0.15, -0.1) is 0 Å². The summed E-state index contributed by atoms with van der Waals surface area (Å²) in [5.41, 5.74) is 2.45. The van der Waals surface area contributed by atoms with Crippen LogP contribution < -0.4 is 10.8 Å². The molecule has 0 heterocycles. The molecule has 0 bridgehead atoms. The van der Waals surface area contributed by atoms with E-state index in [0.717, 1.165) is 18.4 Å². The molecule has 1 aromatic rings. The SMILES string of the molecule is O=C(C[C@H](Cc1ccccc1)C(=O)N[C@@H]1CCCC[C@@H]1C(=O)O)NO. The standard InChI is InChI=1S/C18H24N2O5/c21-16(20-25)11-13(10-12-6-2-1-3-7-12)17(22)19-15-9-5-4-8-14(15)18(23)24/h1-3,6-7,13-15,25H,4-5,8-11H2,(H,19,22)(H,20,21)(H,23,24)/t13-,14-,15+/m0/s1. The number of carboxylic acid groups (broad SMARTS) is 1. The van der Waals surface area contributed by atoms with Gasteiger partial charge in [-0.3, -0.25) is 19.6 Å².